The highest BCUT2D eigenvalue weighted by atomic mass is 32.2. The number of aldehydes is 1. The third-order valence-electron chi connectivity index (χ3n) is 4.90. The first-order valence-corrected chi connectivity index (χ1v) is 10.9. The van der Waals surface area contributed by atoms with E-state index >= 15 is 0 Å². The zero-order valence-corrected chi connectivity index (χ0v) is 17.0. The number of benzene rings is 2. The zero-order valence-electron chi connectivity index (χ0n) is 16.2. The monoisotopic (exact) mass is 416 g/mol. The maximum Gasteiger partial charge on any atom is 0.324 e. The molecule has 1 fully saturated rings. The van der Waals surface area contributed by atoms with Gasteiger partial charge in [0.25, 0.3) is 0 Å². The van der Waals surface area contributed by atoms with Gasteiger partial charge < -0.3 is 9.53 Å². The summed E-state index contributed by atoms with van der Waals surface area (Å²) >= 11 is 0. The van der Waals surface area contributed by atoms with Crippen molar-refractivity contribution in [3.63, 3.8) is 0 Å². The highest BCUT2D eigenvalue weighted by Crippen LogP contribution is 2.25. The fraction of sp³-hybridized carbons (Fsp3) is 0.333. The van der Waals surface area contributed by atoms with Gasteiger partial charge in [0.1, 0.15) is 12.3 Å². The van der Waals surface area contributed by atoms with Gasteiger partial charge in [0.15, 0.2) is 0 Å². The number of hydrogen-bond donors (Lipinski definition) is 0. The van der Waals surface area contributed by atoms with Crippen molar-refractivity contribution in [3.05, 3.63) is 66.2 Å². The van der Waals surface area contributed by atoms with Crippen LogP contribution in [0.5, 0.6) is 0 Å². The molecule has 0 saturated carbocycles. The lowest BCUT2D eigenvalue weighted by Crippen LogP contribution is -2.62. The minimum Gasteiger partial charge on any atom is -0.465 e. The molecule has 2 aromatic rings. The van der Waals surface area contributed by atoms with E-state index in [1.165, 1.54) is 16.4 Å². The molecule has 2 unspecified atom stereocenters. The van der Waals surface area contributed by atoms with Gasteiger partial charge in [-0.05, 0) is 24.6 Å². The molecule has 154 valence electrons. The maximum atomic E-state index is 13.1. The normalized spacial score (nSPS) is 20.9. The van der Waals surface area contributed by atoms with Gasteiger partial charge in [0.05, 0.1) is 17.5 Å². The summed E-state index contributed by atoms with van der Waals surface area (Å²) < 4.78 is 32.5. The number of carbonyl (C=O) groups is 2. The van der Waals surface area contributed by atoms with Gasteiger partial charge in [0, 0.05) is 19.6 Å². The molecule has 3 rings (SSSR count). The van der Waals surface area contributed by atoms with Crippen LogP contribution in [0.25, 0.3) is 0 Å². The van der Waals surface area contributed by atoms with E-state index in [9.17, 15) is 18.0 Å². The zero-order chi connectivity index (χ0) is 20.9. The molecule has 1 aliphatic rings. The van der Waals surface area contributed by atoms with Gasteiger partial charge in [-0.2, -0.15) is 4.31 Å². The van der Waals surface area contributed by atoms with Crippen molar-refractivity contribution in [1.82, 2.24) is 9.21 Å². The molecular formula is C21H24N2O5S. The van der Waals surface area contributed by atoms with Crippen LogP contribution in [0.4, 0.5) is 0 Å². The highest BCUT2D eigenvalue weighted by Gasteiger charge is 2.43. The molecule has 1 heterocycles. The van der Waals surface area contributed by atoms with E-state index in [0.29, 0.717) is 12.8 Å². The van der Waals surface area contributed by atoms with Gasteiger partial charge >= 0.3 is 5.97 Å². The van der Waals surface area contributed by atoms with E-state index in [-0.39, 0.29) is 24.6 Å². The van der Waals surface area contributed by atoms with Crippen LogP contribution in [0.15, 0.2) is 65.6 Å². The maximum absolute atomic E-state index is 13.1. The summed E-state index contributed by atoms with van der Waals surface area (Å²) in [6.45, 7) is 2.10. The summed E-state index contributed by atoms with van der Waals surface area (Å²) in [6, 6.07) is 15.8. The van der Waals surface area contributed by atoms with E-state index in [4.69, 9.17) is 4.74 Å². The smallest absolute Gasteiger partial charge is 0.324 e. The predicted octanol–water partition coefficient (Wildman–Crippen LogP) is 1.69. The largest absolute Gasteiger partial charge is 0.465 e. The summed E-state index contributed by atoms with van der Waals surface area (Å²) in [5.41, 5.74) is 0.924. The molecule has 2 atom stereocenters. The Morgan fingerprint density at radius 3 is 2.28 bits per heavy atom. The molecular weight excluding hydrogens is 392 g/mol. The topological polar surface area (TPSA) is 84.0 Å². The van der Waals surface area contributed by atoms with Gasteiger partial charge in [-0.1, -0.05) is 48.5 Å². The molecule has 0 N–H and O–H groups in total. The minimum absolute atomic E-state index is 0.0243. The molecule has 0 bridgehead atoms. The number of rotatable bonds is 7. The van der Waals surface area contributed by atoms with Gasteiger partial charge in [-0.25, -0.2) is 8.42 Å². The second-order valence-electron chi connectivity index (χ2n) is 6.76. The van der Waals surface area contributed by atoms with Crippen LogP contribution in [0.1, 0.15) is 12.5 Å². The SMILES string of the molecule is CCOC(=O)C1CN(S(=O)(=O)c2ccccc2)CC(C=O)N1Cc1ccccc1. The first-order chi connectivity index (χ1) is 14.0. The standard InChI is InChI=1S/C21H24N2O5S/c1-2-28-21(25)20-15-22(29(26,27)19-11-7-4-8-12-19)14-18(16-24)23(20)13-17-9-5-3-6-10-17/h3-12,16,18,20H,2,13-15H2,1H3. The third kappa shape index (κ3) is 4.72. The van der Waals surface area contributed by atoms with Crippen LogP contribution in [-0.2, 0) is 30.9 Å². The minimum atomic E-state index is -3.84. The summed E-state index contributed by atoms with van der Waals surface area (Å²) in [6.07, 6.45) is 0.696. The number of nitrogens with zero attached hydrogens (tertiary/aromatic N) is 2. The number of esters is 1. The van der Waals surface area contributed by atoms with E-state index in [2.05, 4.69) is 0 Å². The summed E-state index contributed by atoms with van der Waals surface area (Å²) in [5, 5.41) is 0. The van der Waals surface area contributed by atoms with E-state index in [1.54, 1.807) is 30.0 Å². The third-order valence-corrected chi connectivity index (χ3v) is 6.74. The van der Waals surface area contributed by atoms with Gasteiger partial charge in [-0.15, -0.1) is 0 Å². The molecule has 1 saturated heterocycles. The summed E-state index contributed by atoms with van der Waals surface area (Å²) in [4.78, 5) is 26.4. The Labute approximate surface area is 170 Å². The summed E-state index contributed by atoms with van der Waals surface area (Å²) in [5.74, 6) is -0.539. The Kier molecular flexibility index (Phi) is 6.79. The fourth-order valence-electron chi connectivity index (χ4n) is 3.45. The van der Waals surface area contributed by atoms with Crippen LogP contribution in [0.2, 0.25) is 0 Å². The van der Waals surface area contributed by atoms with Gasteiger partial charge in [0.2, 0.25) is 10.0 Å². The lowest BCUT2D eigenvalue weighted by molar-refractivity contribution is -0.153. The molecule has 0 amide bonds. The van der Waals surface area contributed by atoms with Crippen molar-refractivity contribution in [1.29, 1.82) is 0 Å². The van der Waals surface area contributed by atoms with Crippen molar-refractivity contribution in [2.75, 3.05) is 19.7 Å². The van der Waals surface area contributed by atoms with Gasteiger partial charge in [-0.3, -0.25) is 9.69 Å². The van der Waals surface area contributed by atoms with Crippen molar-refractivity contribution >= 4 is 22.3 Å². The molecule has 0 radical (unpaired) electrons. The lowest BCUT2D eigenvalue weighted by atomic mass is 10.1. The van der Waals surface area contributed by atoms with Crippen LogP contribution < -0.4 is 0 Å². The average molecular weight is 416 g/mol. The molecule has 29 heavy (non-hydrogen) atoms. The Balaban J connectivity index is 1.93. The van der Waals surface area contributed by atoms with E-state index in [0.717, 1.165) is 5.56 Å². The molecule has 2 aromatic carbocycles. The van der Waals surface area contributed by atoms with Crippen molar-refractivity contribution in [2.45, 2.75) is 30.4 Å². The van der Waals surface area contributed by atoms with Crippen molar-refractivity contribution < 1.29 is 22.7 Å². The summed E-state index contributed by atoms with van der Waals surface area (Å²) in [7, 11) is -3.84. The lowest BCUT2D eigenvalue weighted by Gasteiger charge is -2.42. The van der Waals surface area contributed by atoms with Crippen LogP contribution in [0.3, 0.4) is 0 Å². The first kappa shape index (κ1) is 21.2. The Bertz CT molecular complexity index is 934. The van der Waals surface area contributed by atoms with Crippen LogP contribution >= 0.6 is 0 Å². The molecule has 7 nitrogen and oxygen atoms in total. The molecule has 0 spiro atoms. The number of carbonyl (C=O) groups excluding carboxylic acids is 2. The molecule has 1 aliphatic heterocycles. The van der Waals surface area contributed by atoms with E-state index < -0.39 is 28.1 Å². The molecule has 0 aliphatic carbocycles. The van der Waals surface area contributed by atoms with Crippen LogP contribution in [-0.4, -0.2) is 61.7 Å². The Morgan fingerprint density at radius 2 is 1.69 bits per heavy atom. The van der Waals surface area contributed by atoms with Crippen molar-refractivity contribution in [3.8, 4) is 0 Å². The molecule has 0 aromatic heterocycles. The van der Waals surface area contributed by atoms with E-state index in [1.807, 2.05) is 30.3 Å². The molecule has 8 heteroatoms. The fourth-order valence-corrected chi connectivity index (χ4v) is 4.93. The average Bonchev–Trinajstić information content (AvgIpc) is 2.75. The number of ether oxygens (including phenoxy) is 1. The second kappa shape index (κ2) is 9.30. The number of hydrogen-bond acceptors (Lipinski definition) is 6. The Hall–Kier alpha value is -2.55. The highest BCUT2D eigenvalue weighted by molar-refractivity contribution is 7.89. The number of sulfonamides is 1. The second-order valence-corrected chi connectivity index (χ2v) is 8.70. The Morgan fingerprint density at radius 1 is 1.07 bits per heavy atom. The van der Waals surface area contributed by atoms with Crippen LogP contribution in [0, 0.1) is 0 Å². The van der Waals surface area contributed by atoms with Crippen molar-refractivity contribution in [2.24, 2.45) is 0 Å². The quantitative estimate of drug-likeness (QED) is 0.505. The predicted molar refractivity (Wildman–Crippen MR) is 107 cm³/mol. The number of piperazine rings is 1. The first-order valence-electron chi connectivity index (χ1n) is 9.44.